The second kappa shape index (κ2) is 5.75. The van der Waals surface area contributed by atoms with E-state index in [4.69, 9.17) is 16.0 Å². The second-order valence-corrected chi connectivity index (χ2v) is 5.44. The number of furan rings is 1. The average molecular weight is 344 g/mol. The van der Waals surface area contributed by atoms with E-state index in [1.54, 1.807) is 19.3 Å². The van der Waals surface area contributed by atoms with Gasteiger partial charge in [-0.2, -0.15) is 0 Å². The van der Waals surface area contributed by atoms with Gasteiger partial charge in [-0.15, -0.1) is 0 Å². The minimum Gasteiger partial charge on any atom is -0.464 e. The molecule has 100 valence electrons. The van der Waals surface area contributed by atoms with E-state index in [1.165, 1.54) is 4.90 Å². The number of rotatable bonds is 3. The molecule has 0 bridgehead atoms. The van der Waals surface area contributed by atoms with Gasteiger partial charge in [-0.05, 0) is 41.1 Å². The van der Waals surface area contributed by atoms with Crippen molar-refractivity contribution in [2.24, 2.45) is 0 Å². The van der Waals surface area contributed by atoms with Crippen LogP contribution in [0.5, 0.6) is 0 Å². The minimum absolute atomic E-state index is 0.190. The molecule has 0 N–H and O–H groups in total. The van der Waals surface area contributed by atoms with Crippen LogP contribution in [0, 0.1) is 6.92 Å². The SMILES string of the molecule is Cc1ccc(CN(C)C(=O)c2cc(Br)cnc2Cl)o1. The number of aromatic nitrogens is 1. The van der Waals surface area contributed by atoms with Gasteiger partial charge in [-0.25, -0.2) is 4.98 Å². The van der Waals surface area contributed by atoms with Crippen LogP contribution in [-0.4, -0.2) is 22.8 Å². The van der Waals surface area contributed by atoms with E-state index >= 15 is 0 Å². The molecule has 0 aliphatic rings. The van der Waals surface area contributed by atoms with Crippen LogP contribution in [0.4, 0.5) is 0 Å². The molecule has 4 nitrogen and oxygen atoms in total. The minimum atomic E-state index is -0.201. The molecule has 0 radical (unpaired) electrons. The van der Waals surface area contributed by atoms with Crippen molar-refractivity contribution in [3.63, 3.8) is 0 Å². The van der Waals surface area contributed by atoms with E-state index in [2.05, 4.69) is 20.9 Å². The van der Waals surface area contributed by atoms with Gasteiger partial charge in [-0.3, -0.25) is 4.79 Å². The first-order chi connectivity index (χ1) is 8.97. The number of nitrogens with zero attached hydrogens (tertiary/aromatic N) is 2. The molecule has 0 atom stereocenters. The van der Waals surface area contributed by atoms with Gasteiger partial charge in [0.2, 0.25) is 0 Å². The van der Waals surface area contributed by atoms with E-state index in [-0.39, 0.29) is 11.1 Å². The predicted octanol–water partition coefficient (Wildman–Crippen LogP) is 3.67. The van der Waals surface area contributed by atoms with Crippen molar-refractivity contribution in [1.82, 2.24) is 9.88 Å². The Morgan fingerprint density at radius 2 is 2.26 bits per heavy atom. The zero-order valence-corrected chi connectivity index (χ0v) is 12.8. The zero-order chi connectivity index (χ0) is 14.0. The van der Waals surface area contributed by atoms with Gasteiger partial charge in [0.1, 0.15) is 16.7 Å². The van der Waals surface area contributed by atoms with Gasteiger partial charge in [0.05, 0.1) is 12.1 Å². The molecule has 2 rings (SSSR count). The van der Waals surface area contributed by atoms with Crippen LogP contribution in [0.2, 0.25) is 5.15 Å². The molecule has 0 aliphatic heterocycles. The summed E-state index contributed by atoms with van der Waals surface area (Å²) in [7, 11) is 1.69. The molecule has 0 aromatic carbocycles. The van der Waals surface area contributed by atoms with E-state index in [0.717, 1.165) is 11.5 Å². The molecular formula is C13H12BrClN2O2. The van der Waals surface area contributed by atoms with Gasteiger partial charge in [0, 0.05) is 17.7 Å². The molecule has 2 heterocycles. The van der Waals surface area contributed by atoms with Crippen molar-refractivity contribution in [2.75, 3.05) is 7.05 Å². The number of aryl methyl sites for hydroxylation is 1. The third-order valence-corrected chi connectivity index (χ3v) is 3.31. The lowest BCUT2D eigenvalue weighted by atomic mass is 10.2. The van der Waals surface area contributed by atoms with Crippen LogP contribution in [0.3, 0.4) is 0 Å². The van der Waals surface area contributed by atoms with Crippen LogP contribution in [-0.2, 0) is 6.54 Å². The highest BCUT2D eigenvalue weighted by Crippen LogP contribution is 2.20. The summed E-state index contributed by atoms with van der Waals surface area (Å²) in [6.07, 6.45) is 1.55. The van der Waals surface area contributed by atoms with Crippen molar-refractivity contribution in [1.29, 1.82) is 0 Å². The maximum Gasteiger partial charge on any atom is 0.257 e. The lowest BCUT2D eigenvalue weighted by molar-refractivity contribution is 0.0774. The monoisotopic (exact) mass is 342 g/mol. The van der Waals surface area contributed by atoms with Crippen molar-refractivity contribution >= 4 is 33.4 Å². The third kappa shape index (κ3) is 3.36. The highest BCUT2D eigenvalue weighted by atomic mass is 79.9. The number of pyridine rings is 1. The van der Waals surface area contributed by atoms with Gasteiger partial charge in [0.25, 0.3) is 5.91 Å². The first kappa shape index (κ1) is 14.1. The van der Waals surface area contributed by atoms with Crippen molar-refractivity contribution in [3.05, 3.63) is 51.1 Å². The summed E-state index contributed by atoms with van der Waals surface area (Å²) in [5, 5.41) is 0.190. The summed E-state index contributed by atoms with van der Waals surface area (Å²) >= 11 is 9.21. The van der Waals surface area contributed by atoms with E-state index in [9.17, 15) is 4.79 Å². The van der Waals surface area contributed by atoms with Crippen LogP contribution >= 0.6 is 27.5 Å². The summed E-state index contributed by atoms with van der Waals surface area (Å²) < 4.78 is 6.15. The largest absolute Gasteiger partial charge is 0.464 e. The van der Waals surface area contributed by atoms with E-state index in [1.807, 2.05) is 19.1 Å². The van der Waals surface area contributed by atoms with Crippen LogP contribution in [0.1, 0.15) is 21.9 Å². The first-order valence-corrected chi connectivity index (χ1v) is 6.76. The third-order valence-electron chi connectivity index (χ3n) is 2.57. The van der Waals surface area contributed by atoms with E-state index < -0.39 is 0 Å². The molecule has 0 unspecified atom stereocenters. The van der Waals surface area contributed by atoms with Gasteiger partial charge < -0.3 is 9.32 Å². The zero-order valence-electron chi connectivity index (χ0n) is 10.5. The Bertz CT molecular complexity index is 612. The quantitative estimate of drug-likeness (QED) is 0.799. The maximum atomic E-state index is 12.3. The van der Waals surface area contributed by atoms with Crippen LogP contribution in [0.25, 0.3) is 0 Å². The van der Waals surface area contributed by atoms with E-state index in [0.29, 0.717) is 16.6 Å². The molecule has 0 fully saturated rings. The fourth-order valence-corrected chi connectivity index (χ4v) is 2.17. The Kier molecular flexibility index (Phi) is 4.27. The van der Waals surface area contributed by atoms with Crippen molar-refractivity contribution < 1.29 is 9.21 Å². The second-order valence-electron chi connectivity index (χ2n) is 4.17. The van der Waals surface area contributed by atoms with Gasteiger partial charge in [0.15, 0.2) is 0 Å². The van der Waals surface area contributed by atoms with Crippen molar-refractivity contribution in [2.45, 2.75) is 13.5 Å². The molecule has 2 aromatic rings. The fraction of sp³-hybridized carbons (Fsp3) is 0.231. The average Bonchev–Trinajstić information content (AvgIpc) is 2.77. The maximum absolute atomic E-state index is 12.3. The Morgan fingerprint density at radius 3 is 2.89 bits per heavy atom. The van der Waals surface area contributed by atoms with Gasteiger partial charge in [-0.1, -0.05) is 11.6 Å². The molecule has 0 saturated carbocycles. The molecule has 1 amide bonds. The van der Waals surface area contributed by atoms with Crippen LogP contribution in [0.15, 0.2) is 33.3 Å². The first-order valence-electron chi connectivity index (χ1n) is 5.59. The molecule has 19 heavy (non-hydrogen) atoms. The summed E-state index contributed by atoms with van der Waals surface area (Å²) in [5.74, 6) is 1.35. The smallest absolute Gasteiger partial charge is 0.257 e. The number of carbonyl (C=O) groups excluding carboxylic acids is 1. The fourth-order valence-electron chi connectivity index (χ4n) is 1.65. The molecule has 0 spiro atoms. The number of carbonyl (C=O) groups is 1. The Balaban J connectivity index is 2.16. The van der Waals surface area contributed by atoms with Gasteiger partial charge >= 0.3 is 0 Å². The summed E-state index contributed by atoms with van der Waals surface area (Å²) in [6, 6.07) is 5.36. The number of amides is 1. The lowest BCUT2D eigenvalue weighted by Gasteiger charge is -2.16. The molecule has 0 aliphatic carbocycles. The summed E-state index contributed by atoms with van der Waals surface area (Å²) in [5.41, 5.74) is 0.363. The Hall–Kier alpha value is -1.33. The Labute approximate surface area is 124 Å². The molecule has 0 saturated heterocycles. The Morgan fingerprint density at radius 1 is 1.53 bits per heavy atom. The number of halogens is 2. The summed E-state index contributed by atoms with van der Waals surface area (Å²) in [4.78, 5) is 17.7. The predicted molar refractivity (Wildman–Crippen MR) is 76.2 cm³/mol. The number of hydrogen-bond donors (Lipinski definition) is 0. The normalized spacial score (nSPS) is 10.5. The van der Waals surface area contributed by atoms with Crippen molar-refractivity contribution in [3.8, 4) is 0 Å². The van der Waals surface area contributed by atoms with Crippen LogP contribution < -0.4 is 0 Å². The molecule has 6 heteroatoms. The number of hydrogen-bond acceptors (Lipinski definition) is 3. The lowest BCUT2D eigenvalue weighted by Crippen LogP contribution is -2.26. The standard InChI is InChI=1S/C13H12BrClN2O2/c1-8-3-4-10(19-8)7-17(2)13(18)11-5-9(14)6-16-12(11)15/h3-6H,7H2,1-2H3. The molecular weight excluding hydrogens is 332 g/mol. The molecule has 2 aromatic heterocycles. The summed E-state index contributed by atoms with van der Waals surface area (Å²) in [6.45, 7) is 2.25. The highest BCUT2D eigenvalue weighted by molar-refractivity contribution is 9.10. The topological polar surface area (TPSA) is 46.3 Å². The highest BCUT2D eigenvalue weighted by Gasteiger charge is 2.17.